The van der Waals surface area contributed by atoms with Crippen molar-refractivity contribution in [2.24, 2.45) is 5.10 Å². The summed E-state index contributed by atoms with van der Waals surface area (Å²) in [5, 5.41) is 7.84. The van der Waals surface area contributed by atoms with E-state index in [1.54, 1.807) is 19.3 Å². The molecule has 2 N–H and O–H groups in total. The summed E-state index contributed by atoms with van der Waals surface area (Å²) >= 11 is 10.9. The first kappa shape index (κ1) is 16.3. The minimum Gasteiger partial charge on any atom is -0.486 e. The second kappa shape index (κ2) is 7.82. The van der Waals surface area contributed by atoms with Gasteiger partial charge in [0, 0.05) is 12.1 Å². The molecule has 1 aromatic carbocycles. The van der Waals surface area contributed by atoms with Crippen LogP contribution in [0.3, 0.4) is 0 Å². The number of hydrogen-bond acceptors (Lipinski definition) is 4. The third kappa shape index (κ3) is 4.75. The molecule has 0 aliphatic heterocycles. The van der Waals surface area contributed by atoms with Crippen LogP contribution in [0.1, 0.15) is 17.1 Å². The number of rotatable bonds is 5. The van der Waals surface area contributed by atoms with Crippen molar-refractivity contribution in [1.82, 2.24) is 10.7 Å². The van der Waals surface area contributed by atoms with Gasteiger partial charge < -0.3 is 14.5 Å². The van der Waals surface area contributed by atoms with Crippen LogP contribution in [0.5, 0.6) is 5.75 Å². The second-order valence-corrected chi connectivity index (χ2v) is 5.27. The molecule has 0 saturated carbocycles. The lowest BCUT2D eigenvalue weighted by molar-refractivity contribution is 0.269. The van der Waals surface area contributed by atoms with Crippen LogP contribution in [0.2, 0.25) is 5.02 Å². The van der Waals surface area contributed by atoms with E-state index in [1.165, 1.54) is 0 Å². The van der Waals surface area contributed by atoms with Crippen molar-refractivity contribution in [3.05, 3.63) is 52.4 Å². The van der Waals surface area contributed by atoms with E-state index in [0.29, 0.717) is 23.2 Å². The maximum atomic E-state index is 5.97. The number of hydrazone groups is 1. The first-order chi connectivity index (χ1) is 10.6. The van der Waals surface area contributed by atoms with Gasteiger partial charge in [-0.3, -0.25) is 5.43 Å². The topological polar surface area (TPSA) is 58.8 Å². The average Bonchev–Trinajstić information content (AvgIpc) is 2.96. The first-order valence-electron chi connectivity index (χ1n) is 6.57. The lowest BCUT2D eigenvalue weighted by Gasteiger charge is -2.05. The molecular weight excluding hydrogens is 322 g/mol. The molecule has 0 spiro atoms. The zero-order chi connectivity index (χ0) is 15.9. The van der Waals surface area contributed by atoms with Crippen molar-refractivity contribution in [2.45, 2.75) is 13.5 Å². The van der Waals surface area contributed by atoms with Gasteiger partial charge in [0.1, 0.15) is 23.9 Å². The largest absolute Gasteiger partial charge is 0.486 e. The van der Waals surface area contributed by atoms with Gasteiger partial charge in [-0.2, -0.15) is 5.10 Å². The molecule has 0 bridgehead atoms. The Kier molecular flexibility index (Phi) is 5.80. The third-order valence-electron chi connectivity index (χ3n) is 2.78. The lowest BCUT2D eigenvalue weighted by atomic mass is 10.2. The number of aryl methyl sites for hydroxylation is 1. The summed E-state index contributed by atoms with van der Waals surface area (Å²) in [4.78, 5) is 0. The van der Waals surface area contributed by atoms with E-state index >= 15 is 0 Å². The Bertz CT molecular complexity index is 685. The van der Waals surface area contributed by atoms with Crippen molar-refractivity contribution in [3.8, 4) is 5.75 Å². The van der Waals surface area contributed by atoms with Crippen LogP contribution >= 0.6 is 23.8 Å². The standard InChI is InChI=1S/C15H16ClN3O2S/c1-10-7-11(5-6-14(10)16)20-9-13-4-3-12(21-13)8-18-19-15(22)17-2/h3-8H,9H2,1-2H3,(H2,17,19,22)/b18-8+. The van der Waals surface area contributed by atoms with E-state index in [-0.39, 0.29) is 0 Å². The normalized spacial score (nSPS) is 10.7. The number of nitrogens with one attached hydrogen (secondary N) is 2. The van der Waals surface area contributed by atoms with Crippen molar-refractivity contribution in [3.63, 3.8) is 0 Å². The Hall–Kier alpha value is -2.05. The predicted molar refractivity (Wildman–Crippen MR) is 91.6 cm³/mol. The Balaban J connectivity index is 1.89. The highest BCUT2D eigenvalue weighted by Crippen LogP contribution is 2.22. The lowest BCUT2D eigenvalue weighted by Crippen LogP contribution is -2.28. The Morgan fingerprint density at radius 2 is 2.23 bits per heavy atom. The van der Waals surface area contributed by atoms with Crippen LogP contribution in [0.15, 0.2) is 39.9 Å². The molecule has 2 rings (SSSR count). The molecule has 0 saturated heterocycles. The van der Waals surface area contributed by atoms with E-state index in [2.05, 4.69) is 15.8 Å². The van der Waals surface area contributed by atoms with Gasteiger partial charge in [0.05, 0.1) is 6.21 Å². The summed E-state index contributed by atoms with van der Waals surface area (Å²) in [5.74, 6) is 2.05. The minimum absolute atomic E-state index is 0.331. The maximum Gasteiger partial charge on any atom is 0.186 e. The summed E-state index contributed by atoms with van der Waals surface area (Å²) in [5.41, 5.74) is 3.62. The molecule has 0 aliphatic carbocycles. The highest BCUT2D eigenvalue weighted by Gasteiger charge is 2.03. The zero-order valence-corrected chi connectivity index (χ0v) is 13.8. The number of furan rings is 1. The highest BCUT2D eigenvalue weighted by atomic mass is 35.5. The van der Waals surface area contributed by atoms with E-state index in [9.17, 15) is 0 Å². The SMILES string of the molecule is CNC(=S)N/N=C/c1ccc(COc2ccc(Cl)c(C)c2)o1. The van der Waals surface area contributed by atoms with Gasteiger partial charge >= 0.3 is 0 Å². The number of hydrogen-bond donors (Lipinski definition) is 2. The monoisotopic (exact) mass is 337 g/mol. The fraction of sp³-hybridized carbons (Fsp3) is 0.200. The molecule has 0 unspecified atom stereocenters. The van der Waals surface area contributed by atoms with Crippen molar-refractivity contribution >= 4 is 35.1 Å². The van der Waals surface area contributed by atoms with Gasteiger partial charge in [-0.1, -0.05) is 11.6 Å². The molecule has 1 heterocycles. The highest BCUT2D eigenvalue weighted by molar-refractivity contribution is 7.80. The van der Waals surface area contributed by atoms with E-state index < -0.39 is 0 Å². The molecule has 7 heteroatoms. The van der Waals surface area contributed by atoms with Gasteiger partial charge in [-0.25, -0.2) is 0 Å². The Morgan fingerprint density at radius 1 is 1.41 bits per heavy atom. The van der Waals surface area contributed by atoms with Crippen LogP contribution in [-0.2, 0) is 6.61 Å². The van der Waals surface area contributed by atoms with E-state index in [1.807, 2.05) is 31.2 Å². The molecule has 22 heavy (non-hydrogen) atoms. The number of nitrogens with zero attached hydrogens (tertiary/aromatic N) is 1. The summed E-state index contributed by atoms with van der Waals surface area (Å²) in [7, 11) is 1.71. The van der Waals surface area contributed by atoms with Crippen LogP contribution < -0.4 is 15.5 Å². The summed E-state index contributed by atoms with van der Waals surface area (Å²) < 4.78 is 11.2. The smallest absolute Gasteiger partial charge is 0.186 e. The molecule has 5 nitrogen and oxygen atoms in total. The third-order valence-corrected chi connectivity index (χ3v) is 3.50. The molecular formula is C15H16ClN3O2S. The van der Waals surface area contributed by atoms with Gasteiger partial charge in [0.2, 0.25) is 0 Å². The van der Waals surface area contributed by atoms with E-state index in [4.69, 9.17) is 33.0 Å². The van der Waals surface area contributed by atoms with Gasteiger partial charge in [0.25, 0.3) is 0 Å². The van der Waals surface area contributed by atoms with Crippen molar-refractivity contribution < 1.29 is 9.15 Å². The molecule has 0 atom stereocenters. The van der Waals surface area contributed by atoms with Crippen LogP contribution in [0, 0.1) is 6.92 Å². The van der Waals surface area contributed by atoms with Crippen LogP contribution in [-0.4, -0.2) is 18.4 Å². The molecule has 116 valence electrons. The van der Waals surface area contributed by atoms with E-state index in [0.717, 1.165) is 16.3 Å². The predicted octanol–water partition coefficient (Wildman–Crippen LogP) is 3.25. The van der Waals surface area contributed by atoms with Gasteiger partial charge in [-0.15, -0.1) is 0 Å². The fourth-order valence-corrected chi connectivity index (χ4v) is 1.78. The van der Waals surface area contributed by atoms with Crippen LogP contribution in [0.4, 0.5) is 0 Å². The number of ether oxygens (including phenoxy) is 1. The van der Waals surface area contributed by atoms with Crippen molar-refractivity contribution in [2.75, 3.05) is 7.05 Å². The number of halogens is 1. The molecule has 1 aromatic heterocycles. The zero-order valence-electron chi connectivity index (χ0n) is 12.2. The van der Waals surface area contributed by atoms with Gasteiger partial charge in [-0.05, 0) is 55.0 Å². The summed E-state index contributed by atoms with van der Waals surface area (Å²) in [6.07, 6.45) is 1.54. The molecule has 0 fully saturated rings. The Morgan fingerprint density at radius 3 is 2.95 bits per heavy atom. The molecule has 0 aliphatic rings. The molecule has 0 amide bonds. The van der Waals surface area contributed by atoms with Gasteiger partial charge in [0.15, 0.2) is 5.11 Å². The summed E-state index contributed by atoms with van der Waals surface area (Å²) in [6.45, 7) is 2.26. The molecule has 0 radical (unpaired) electrons. The minimum atomic E-state index is 0.331. The summed E-state index contributed by atoms with van der Waals surface area (Å²) in [6, 6.07) is 9.15. The Labute approximate surface area is 139 Å². The average molecular weight is 338 g/mol. The first-order valence-corrected chi connectivity index (χ1v) is 7.35. The van der Waals surface area contributed by atoms with Crippen LogP contribution in [0.25, 0.3) is 0 Å². The maximum absolute atomic E-state index is 5.97. The second-order valence-electron chi connectivity index (χ2n) is 4.45. The molecule has 2 aromatic rings. The fourth-order valence-electron chi connectivity index (χ4n) is 1.61. The van der Waals surface area contributed by atoms with Crippen molar-refractivity contribution in [1.29, 1.82) is 0 Å². The number of thiocarbonyl (C=S) groups is 1. The number of benzene rings is 1. The quantitative estimate of drug-likeness (QED) is 0.498.